The maximum atomic E-state index is 12.8. The number of nitrogens with one attached hydrogen (secondary N) is 3. The highest BCUT2D eigenvalue weighted by Crippen LogP contribution is 2.32. The molecule has 3 N–H and O–H groups in total. The van der Waals surface area contributed by atoms with Crippen LogP contribution >= 0.6 is 0 Å². The molecule has 1 fully saturated rings. The molecule has 0 radical (unpaired) electrons. The van der Waals surface area contributed by atoms with Gasteiger partial charge in [0, 0.05) is 50.9 Å². The summed E-state index contributed by atoms with van der Waals surface area (Å²) in [7, 11) is 0. The molecule has 7 heteroatoms. The Morgan fingerprint density at radius 1 is 0.884 bits per heavy atom. The Hall–Kier alpha value is -3.97. The van der Waals surface area contributed by atoms with Crippen LogP contribution in [0.5, 0.6) is 0 Å². The van der Waals surface area contributed by atoms with E-state index >= 15 is 0 Å². The Kier molecular flexibility index (Phi) is 10.3. The van der Waals surface area contributed by atoms with E-state index in [2.05, 4.69) is 53.2 Å². The molecule has 226 valence electrons. The number of hydrogen-bond acceptors (Lipinski definition) is 4. The summed E-state index contributed by atoms with van der Waals surface area (Å²) in [5.74, 6) is 0.503. The van der Waals surface area contributed by atoms with Crippen molar-refractivity contribution in [3.8, 4) is 11.1 Å². The van der Waals surface area contributed by atoms with Crippen molar-refractivity contribution in [1.82, 2.24) is 16.0 Å². The van der Waals surface area contributed by atoms with Gasteiger partial charge in [-0.2, -0.15) is 0 Å². The van der Waals surface area contributed by atoms with Crippen LogP contribution in [0.1, 0.15) is 72.0 Å². The molecule has 3 aromatic rings. The lowest BCUT2D eigenvalue weighted by molar-refractivity contribution is -0.125. The first kappa shape index (κ1) is 30.5. The summed E-state index contributed by atoms with van der Waals surface area (Å²) in [6.07, 6.45) is 5.51. The van der Waals surface area contributed by atoms with Crippen LogP contribution in [0.15, 0.2) is 66.7 Å². The maximum Gasteiger partial charge on any atom is 0.251 e. The minimum atomic E-state index is -0.0737. The number of hydrogen-bond donors (Lipinski definition) is 3. The van der Waals surface area contributed by atoms with Crippen LogP contribution in [0.4, 0.5) is 5.69 Å². The Bertz CT molecular complexity index is 1430. The van der Waals surface area contributed by atoms with E-state index in [0.29, 0.717) is 24.6 Å². The van der Waals surface area contributed by atoms with Gasteiger partial charge in [0.05, 0.1) is 5.92 Å². The smallest absolute Gasteiger partial charge is 0.251 e. The predicted octanol–water partition coefficient (Wildman–Crippen LogP) is 5.37. The summed E-state index contributed by atoms with van der Waals surface area (Å²) >= 11 is 0. The van der Waals surface area contributed by atoms with Gasteiger partial charge in [-0.25, -0.2) is 0 Å². The van der Waals surface area contributed by atoms with Crippen molar-refractivity contribution < 1.29 is 14.4 Å². The van der Waals surface area contributed by atoms with Gasteiger partial charge < -0.3 is 20.9 Å². The third-order valence-corrected chi connectivity index (χ3v) is 8.73. The molecule has 0 spiro atoms. The second kappa shape index (κ2) is 14.5. The number of anilines is 1. The highest BCUT2D eigenvalue weighted by molar-refractivity contribution is 5.95. The molecule has 5 rings (SSSR count). The van der Waals surface area contributed by atoms with Crippen molar-refractivity contribution in [3.05, 3.63) is 89.0 Å². The van der Waals surface area contributed by atoms with Crippen LogP contribution in [0.25, 0.3) is 11.1 Å². The molecule has 3 aromatic carbocycles. The van der Waals surface area contributed by atoms with Gasteiger partial charge in [0.1, 0.15) is 0 Å². The molecule has 3 amide bonds. The molecule has 2 atom stereocenters. The van der Waals surface area contributed by atoms with Gasteiger partial charge in [-0.3, -0.25) is 14.4 Å². The first-order valence-electron chi connectivity index (χ1n) is 15.7. The largest absolute Gasteiger partial charge is 0.356 e. The molecule has 2 aliphatic heterocycles. The van der Waals surface area contributed by atoms with E-state index < -0.39 is 0 Å². The number of benzene rings is 3. The summed E-state index contributed by atoms with van der Waals surface area (Å²) in [4.78, 5) is 39.3. The topological polar surface area (TPSA) is 90.5 Å². The molecule has 1 saturated heterocycles. The average molecular weight is 581 g/mol. The zero-order chi connectivity index (χ0) is 30.2. The van der Waals surface area contributed by atoms with Gasteiger partial charge in [-0.05, 0) is 97.9 Å². The molecule has 43 heavy (non-hydrogen) atoms. The van der Waals surface area contributed by atoms with Crippen LogP contribution in [0.3, 0.4) is 0 Å². The normalized spacial score (nSPS) is 18.0. The first-order chi connectivity index (χ1) is 20.9. The Balaban J connectivity index is 0.997. The third-order valence-electron chi connectivity index (χ3n) is 8.73. The summed E-state index contributed by atoms with van der Waals surface area (Å²) in [6, 6.07) is 22.5. The van der Waals surface area contributed by atoms with E-state index in [4.69, 9.17) is 0 Å². The predicted molar refractivity (Wildman–Crippen MR) is 172 cm³/mol. The summed E-state index contributed by atoms with van der Waals surface area (Å²) in [6.45, 7) is 7.41. The summed E-state index contributed by atoms with van der Waals surface area (Å²) in [5, 5.41) is 9.58. The van der Waals surface area contributed by atoms with Crippen molar-refractivity contribution in [2.75, 3.05) is 37.6 Å². The lowest BCUT2D eigenvalue weighted by Gasteiger charge is -2.29. The number of rotatable bonds is 10. The zero-order valence-electron chi connectivity index (χ0n) is 25.5. The number of aryl methyl sites for hydroxylation is 2. The van der Waals surface area contributed by atoms with E-state index in [1.54, 1.807) is 6.92 Å². The number of fused-ring (bicyclic) bond motifs is 1. The summed E-state index contributed by atoms with van der Waals surface area (Å²) in [5.41, 5.74) is 7.55. The Morgan fingerprint density at radius 2 is 1.65 bits per heavy atom. The van der Waals surface area contributed by atoms with Crippen LogP contribution in [0, 0.1) is 12.8 Å². The summed E-state index contributed by atoms with van der Waals surface area (Å²) < 4.78 is 0. The fourth-order valence-corrected chi connectivity index (χ4v) is 6.32. The number of carbonyl (C=O) groups excluding carboxylic acids is 3. The molecule has 0 aromatic heterocycles. The first-order valence-corrected chi connectivity index (χ1v) is 15.7. The van der Waals surface area contributed by atoms with E-state index in [1.165, 1.54) is 16.7 Å². The van der Waals surface area contributed by atoms with Crippen LogP contribution in [0.2, 0.25) is 0 Å². The Labute approximate surface area is 255 Å². The standard InChI is InChI=1S/C36H44N4O3/c1-25-8-6-9-29(20-25)32-22-33(24-37-23-32)36(43)39-18-5-3-4-17-38-35(42)28-13-11-27(12-14-28)30-15-16-34-31(21-30)10-7-19-40(34)26(2)41/h6,8-9,11-16,20-21,32-33,37H,3-5,7,10,17-19,22-24H2,1-2H3,(H,38,42)(H,39,43). The fraction of sp³-hybridized carbons (Fsp3) is 0.417. The number of nitrogens with zero attached hydrogens (tertiary/aromatic N) is 1. The van der Waals surface area contributed by atoms with E-state index in [-0.39, 0.29) is 23.6 Å². The molecular weight excluding hydrogens is 536 g/mol. The molecule has 2 unspecified atom stereocenters. The second-order valence-electron chi connectivity index (χ2n) is 12.0. The molecule has 2 aliphatic rings. The van der Waals surface area contributed by atoms with E-state index in [1.807, 2.05) is 41.3 Å². The lowest BCUT2D eigenvalue weighted by Crippen LogP contribution is -2.43. The molecule has 0 saturated carbocycles. The number of unbranched alkanes of at least 4 members (excludes halogenated alkanes) is 2. The lowest BCUT2D eigenvalue weighted by atomic mass is 9.84. The van der Waals surface area contributed by atoms with Gasteiger partial charge in [0.2, 0.25) is 11.8 Å². The molecule has 7 nitrogen and oxygen atoms in total. The van der Waals surface area contributed by atoms with Crippen molar-refractivity contribution >= 4 is 23.4 Å². The fourth-order valence-electron chi connectivity index (χ4n) is 6.32. The molecular formula is C36H44N4O3. The molecule has 2 heterocycles. The van der Waals surface area contributed by atoms with Crippen molar-refractivity contribution in [3.63, 3.8) is 0 Å². The minimum Gasteiger partial charge on any atom is -0.356 e. The van der Waals surface area contributed by atoms with E-state index in [9.17, 15) is 14.4 Å². The molecule has 0 aliphatic carbocycles. The van der Waals surface area contributed by atoms with Gasteiger partial charge in [0.15, 0.2) is 0 Å². The SMILES string of the molecule is CC(=O)N1CCCc2cc(-c3ccc(C(=O)NCCCCCNC(=O)C4CNCC(c5cccc(C)c5)C4)cc3)ccc21. The van der Waals surface area contributed by atoms with Crippen LogP contribution in [-0.4, -0.2) is 50.4 Å². The quantitative estimate of drug-likeness (QED) is 0.281. The third kappa shape index (κ3) is 7.90. The minimum absolute atomic E-state index is 0.00530. The Morgan fingerprint density at radius 3 is 2.42 bits per heavy atom. The highest BCUT2D eigenvalue weighted by atomic mass is 16.2. The van der Waals surface area contributed by atoms with Crippen LogP contribution in [-0.2, 0) is 16.0 Å². The van der Waals surface area contributed by atoms with Gasteiger partial charge >= 0.3 is 0 Å². The number of piperidine rings is 1. The van der Waals surface area contributed by atoms with Crippen molar-refractivity contribution in [2.24, 2.45) is 5.92 Å². The van der Waals surface area contributed by atoms with Crippen molar-refractivity contribution in [1.29, 1.82) is 0 Å². The average Bonchev–Trinajstić information content (AvgIpc) is 3.03. The maximum absolute atomic E-state index is 12.8. The molecule has 0 bridgehead atoms. The second-order valence-corrected chi connectivity index (χ2v) is 12.0. The van der Waals surface area contributed by atoms with E-state index in [0.717, 1.165) is 75.0 Å². The van der Waals surface area contributed by atoms with Gasteiger partial charge in [0.25, 0.3) is 5.91 Å². The van der Waals surface area contributed by atoms with Gasteiger partial charge in [-0.1, -0.05) is 48.0 Å². The highest BCUT2D eigenvalue weighted by Gasteiger charge is 2.27. The zero-order valence-corrected chi connectivity index (χ0v) is 25.5. The monoisotopic (exact) mass is 580 g/mol. The van der Waals surface area contributed by atoms with Crippen molar-refractivity contribution in [2.45, 2.75) is 58.3 Å². The van der Waals surface area contributed by atoms with Gasteiger partial charge in [-0.15, -0.1) is 0 Å². The number of carbonyl (C=O) groups is 3. The number of amides is 3. The van der Waals surface area contributed by atoms with Crippen LogP contribution < -0.4 is 20.9 Å².